The van der Waals surface area contributed by atoms with Crippen molar-refractivity contribution in [3.8, 4) is 5.75 Å². The van der Waals surface area contributed by atoms with Crippen molar-refractivity contribution in [3.05, 3.63) is 58.4 Å². The number of ether oxygens (including phenoxy) is 1. The first kappa shape index (κ1) is 13.8. The molecule has 0 saturated heterocycles. The third-order valence-electron chi connectivity index (χ3n) is 2.75. The molecule has 2 rings (SSSR count). The van der Waals surface area contributed by atoms with Crippen LogP contribution in [-0.4, -0.2) is 10.1 Å². The van der Waals surface area contributed by atoms with Crippen LogP contribution >= 0.6 is 11.6 Å². The molecule has 1 aromatic heterocycles. The van der Waals surface area contributed by atoms with Gasteiger partial charge in [-0.2, -0.15) is 0 Å². The number of aliphatic hydroxyl groups is 1. The van der Waals surface area contributed by atoms with Crippen molar-refractivity contribution in [2.75, 3.05) is 0 Å². The molecule has 0 bridgehead atoms. The lowest BCUT2D eigenvalue weighted by Gasteiger charge is -2.14. The Kier molecular flexibility index (Phi) is 4.40. The second kappa shape index (κ2) is 6.04. The van der Waals surface area contributed by atoms with Gasteiger partial charge in [0, 0.05) is 28.5 Å². The summed E-state index contributed by atoms with van der Waals surface area (Å²) in [7, 11) is 0. The summed E-state index contributed by atoms with van der Waals surface area (Å²) in [5, 5.41) is 10.3. The fraction of sp³-hybridized carbons (Fsp3) is 0.267. The van der Waals surface area contributed by atoms with Crippen LogP contribution in [0.15, 0.2) is 36.7 Å². The van der Waals surface area contributed by atoms with Gasteiger partial charge in [-0.3, -0.25) is 4.98 Å². The van der Waals surface area contributed by atoms with Gasteiger partial charge in [0.15, 0.2) is 0 Å². The van der Waals surface area contributed by atoms with Gasteiger partial charge in [0.25, 0.3) is 0 Å². The van der Waals surface area contributed by atoms with Gasteiger partial charge in [0.05, 0.1) is 6.10 Å². The van der Waals surface area contributed by atoms with Crippen LogP contribution in [0.2, 0.25) is 5.02 Å². The van der Waals surface area contributed by atoms with Crippen molar-refractivity contribution in [2.45, 2.75) is 26.6 Å². The van der Waals surface area contributed by atoms with Crippen LogP contribution in [0.5, 0.6) is 5.75 Å². The van der Waals surface area contributed by atoms with E-state index in [0.29, 0.717) is 22.9 Å². The van der Waals surface area contributed by atoms with E-state index in [2.05, 4.69) is 4.98 Å². The second-order valence-electron chi connectivity index (χ2n) is 4.52. The minimum absolute atomic E-state index is 0.413. The van der Waals surface area contributed by atoms with Gasteiger partial charge >= 0.3 is 0 Å². The quantitative estimate of drug-likeness (QED) is 0.927. The van der Waals surface area contributed by atoms with Crippen LogP contribution in [0.25, 0.3) is 0 Å². The Morgan fingerprint density at radius 2 is 2.11 bits per heavy atom. The summed E-state index contributed by atoms with van der Waals surface area (Å²) in [6.07, 6.45) is 2.95. The number of aryl methyl sites for hydroxylation is 1. The predicted molar refractivity (Wildman–Crippen MR) is 75.4 cm³/mol. The molecule has 1 aromatic carbocycles. The summed E-state index contributed by atoms with van der Waals surface area (Å²) in [5.41, 5.74) is 2.77. The molecule has 0 spiro atoms. The fourth-order valence-corrected chi connectivity index (χ4v) is 2.02. The molecule has 4 heteroatoms. The maximum absolute atomic E-state index is 9.72. The van der Waals surface area contributed by atoms with E-state index in [1.54, 1.807) is 37.5 Å². The van der Waals surface area contributed by atoms with Crippen LogP contribution in [-0.2, 0) is 6.61 Å². The van der Waals surface area contributed by atoms with Crippen molar-refractivity contribution in [1.82, 2.24) is 4.98 Å². The summed E-state index contributed by atoms with van der Waals surface area (Å²) in [5.74, 6) is 0.640. The van der Waals surface area contributed by atoms with Crippen LogP contribution in [0.1, 0.15) is 29.7 Å². The van der Waals surface area contributed by atoms with Crippen LogP contribution in [0.3, 0.4) is 0 Å². The first-order valence-corrected chi connectivity index (χ1v) is 6.45. The highest BCUT2D eigenvalue weighted by atomic mass is 35.5. The van der Waals surface area contributed by atoms with Gasteiger partial charge in [-0.25, -0.2) is 0 Å². The zero-order chi connectivity index (χ0) is 13.8. The second-order valence-corrected chi connectivity index (χ2v) is 4.95. The smallest absolute Gasteiger partial charge is 0.125 e. The highest BCUT2D eigenvalue weighted by Crippen LogP contribution is 2.28. The Balaban J connectivity index is 2.15. The summed E-state index contributed by atoms with van der Waals surface area (Å²) in [6.45, 7) is 4.09. The van der Waals surface area contributed by atoms with Gasteiger partial charge in [0.1, 0.15) is 12.4 Å². The number of aliphatic hydroxyl groups excluding tert-OH is 1. The van der Waals surface area contributed by atoms with E-state index < -0.39 is 6.10 Å². The van der Waals surface area contributed by atoms with Gasteiger partial charge in [-0.1, -0.05) is 11.6 Å². The van der Waals surface area contributed by atoms with E-state index in [0.717, 1.165) is 11.1 Å². The molecule has 0 unspecified atom stereocenters. The van der Waals surface area contributed by atoms with Crippen LogP contribution < -0.4 is 4.74 Å². The number of nitrogens with zero attached hydrogens (tertiary/aromatic N) is 1. The maximum atomic E-state index is 9.72. The number of rotatable bonds is 4. The lowest BCUT2D eigenvalue weighted by Crippen LogP contribution is -2.01. The highest BCUT2D eigenvalue weighted by molar-refractivity contribution is 6.30. The number of pyridine rings is 1. The number of aromatic nitrogens is 1. The average molecular weight is 278 g/mol. The highest BCUT2D eigenvalue weighted by Gasteiger charge is 2.10. The first-order chi connectivity index (χ1) is 9.06. The molecule has 0 aliphatic heterocycles. The summed E-state index contributed by atoms with van der Waals surface area (Å²) >= 11 is 5.92. The summed E-state index contributed by atoms with van der Waals surface area (Å²) < 4.78 is 5.74. The van der Waals surface area contributed by atoms with Gasteiger partial charge in [0.2, 0.25) is 0 Å². The molecule has 0 fully saturated rings. The van der Waals surface area contributed by atoms with Crippen molar-refractivity contribution >= 4 is 11.6 Å². The lowest BCUT2D eigenvalue weighted by molar-refractivity contribution is 0.190. The SMILES string of the molecule is Cc1cncc(COc2ccc(Cl)cc2[C@H](C)O)c1. The van der Waals surface area contributed by atoms with Gasteiger partial charge in [-0.05, 0) is 43.7 Å². The normalized spacial score (nSPS) is 12.2. The van der Waals surface area contributed by atoms with Crippen LogP contribution in [0.4, 0.5) is 0 Å². The van der Waals surface area contributed by atoms with E-state index in [4.69, 9.17) is 16.3 Å². The number of hydrogen-bond acceptors (Lipinski definition) is 3. The Morgan fingerprint density at radius 1 is 1.32 bits per heavy atom. The van der Waals surface area contributed by atoms with Gasteiger partial charge < -0.3 is 9.84 Å². The van der Waals surface area contributed by atoms with E-state index in [1.807, 2.05) is 13.0 Å². The standard InChI is InChI=1S/C15H16ClNO2/c1-10-5-12(8-17-7-10)9-19-15-4-3-13(16)6-14(15)11(2)18/h3-8,11,18H,9H2,1-2H3/t11-/m0/s1. The fourth-order valence-electron chi connectivity index (χ4n) is 1.83. The van der Waals surface area contributed by atoms with E-state index in [-0.39, 0.29) is 0 Å². The molecule has 0 amide bonds. The first-order valence-electron chi connectivity index (χ1n) is 6.07. The molecule has 0 aliphatic rings. The molecule has 1 heterocycles. The van der Waals surface area contributed by atoms with E-state index in [1.165, 1.54) is 0 Å². The number of halogens is 1. The molecule has 19 heavy (non-hydrogen) atoms. The number of benzene rings is 1. The minimum atomic E-state index is -0.621. The Hall–Kier alpha value is -1.58. The molecule has 1 atom stereocenters. The zero-order valence-electron chi connectivity index (χ0n) is 10.9. The van der Waals surface area contributed by atoms with Crippen molar-refractivity contribution in [1.29, 1.82) is 0 Å². The van der Waals surface area contributed by atoms with Crippen molar-refractivity contribution in [3.63, 3.8) is 0 Å². The predicted octanol–water partition coefficient (Wildman–Crippen LogP) is 3.68. The Bertz CT molecular complexity index is 570. The Morgan fingerprint density at radius 3 is 2.79 bits per heavy atom. The molecular formula is C15H16ClNO2. The third-order valence-corrected chi connectivity index (χ3v) is 2.98. The maximum Gasteiger partial charge on any atom is 0.125 e. The molecular weight excluding hydrogens is 262 g/mol. The van der Waals surface area contributed by atoms with Crippen LogP contribution in [0, 0.1) is 6.92 Å². The molecule has 3 nitrogen and oxygen atoms in total. The molecule has 100 valence electrons. The average Bonchev–Trinajstić information content (AvgIpc) is 2.37. The van der Waals surface area contributed by atoms with Gasteiger partial charge in [-0.15, -0.1) is 0 Å². The van der Waals surface area contributed by atoms with E-state index in [9.17, 15) is 5.11 Å². The summed E-state index contributed by atoms with van der Waals surface area (Å²) in [6, 6.07) is 7.26. The topological polar surface area (TPSA) is 42.4 Å². The molecule has 2 aromatic rings. The van der Waals surface area contributed by atoms with E-state index >= 15 is 0 Å². The molecule has 1 N–H and O–H groups in total. The Labute approximate surface area is 117 Å². The molecule has 0 aliphatic carbocycles. The van der Waals surface area contributed by atoms with Crippen molar-refractivity contribution in [2.24, 2.45) is 0 Å². The number of hydrogen-bond donors (Lipinski definition) is 1. The monoisotopic (exact) mass is 277 g/mol. The largest absolute Gasteiger partial charge is 0.488 e. The zero-order valence-corrected chi connectivity index (χ0v) is 11.7. The lowest BCUT2D eigenvalue weighted by atomic mass is 10.1. The molecule has 0 radical (unpaired) electrons. The molecule has 0 saturated carbocycles. The van der Waals surface area contributed by atoms with Crippen molar-refractivity contribution < 1.29 is 9.84 Å². The minimum Gasteiger partial charge on any atom is -0.488 e. The summed E-state index contributed by atoms with van der Waals surface area (Å²) in [4.78, 5) is 4.12. The third kappa shape index (κ3) is 3.69.